The van der Waals surface area contributed by atoms with Crippen molar-refractivity contribution in [2.24, 2.45) is 4.99 Å². The summed E-state index contributed by atoms with van der Waals surface area (Å²) in [5, 5.41) is 1.03. The van der Waals surface area contributed by atoms with Crippen molar-refractivity contribution in [3.8, 4) is 5.75 Å². The van der Waals surface area contributed by atoms with E-state index in [9.17, 15) is 9.59 Å². The predicted molar refractivity (Wildman–Crippen MR) is 141 cm³/mol. The highest BCUT2D eigenvalue weighted by Gasteiger charge is 2.35. The lowest BCUT2D eigenvalue weighted by Crippen LogP contribution is -2.40. The summed E-state index contributed by atoms with van der Waals surface area (Å²) in [7, 11) is 0. The maximum Gasteiger partial charge on any atom is 0.338 e. The van der Waals surface area contributed by atoms with Crippen molar-refractivity contribution in [3.63, 3.8) is 0 Å². The fraction of sp³-hybridized carbons (Fsp3) is 0.250. The molecule has 4 aromatic rings. The number of carbonyl (C=O) groups excluding carboxylic acids is 1. The maximum atomic E-state index is 13.9. The summed E-state index contributed by atoms with van der Waals surface area (Å²) in [4.78, 5) is 35.5. The molecule has 5 rings (SSSR count). The van der Waals surface area contributed by atoms with Crippen molar-refractivity contribution >= 4 is 34.3 Å². The SMILES string of the molecule is CCOC(=O)C1=C(C)N=c2s/c(=C\c3c[nH]c4ccccc34)c(=O)n2[C@@H]1c1ccccc1OC(C)C. The molecule has 7 nitrogen and oxygen atoms in total. The number of allylic oxidation sites excluding steroid dienone is 1. The zero-order valence-corrected chi connectivity index (χ0v) is 21.4. The van der Waals surface area contributed by atoms with Gasteiger partial charge in [0.2, 0.25) is 0 Å². The normalized spacial score (nSPS) is 15.8. The second kappa shape index (κ2) is 9.62. The molecule has 1 aliphatic rings. The van der Waals surface area contributed by atoms with Gasteiger partial charge in [0.05, 0.1) is 28.5 Å². The maximum absolute atomic E-state index is 13.9. The average molecular weight is 502 g/mol. The van der Waals surface area contributed by atoms with E-state index in [0.717, 1.165) is 16.5 Å². The summed E-state index contributed by atoms with van der Waals surface area (Å²) in [6.07, 6.45) is 3.68. The number of thiazole rings is 1. The third-order valence-electron chi connectivity index (χ3n) is 6.00. The Labute approximate surface area is 212 Å². The Bertz CT molecular complexity index is 1670. The Morgan fingerprint density at radius 1 is 1.19 bits per heavy atom. The van der Waals surface area contributed by atoms with Crippen LogP contribution in [-0.4, -0.2) is 28.2 Å². The Morgan fingerprint density at radius 3 is 2.72 bits per heavy atom. The van der Waals surface area contributed by atoms with Crippen molar-refractivity contribution in [2.45, 2.75) is 39.8 Å². The molecule has 2 aromatic heterocycles. The third-order valence-corrected chi connectivity index (χ3v) is 6.98. The number of nitrogens with zero attached hydrogens (tertiary/aromatic N) is 2. The van der Waals surface area contributed by atoms with Crippen LogP contribution in [0.4, 0.5) is 0 Å². The number of esters is 1. The third kappa shape index (κ3) is 4.18. The van der Waals surface area contributed by atoms with E-state index in [4.69, 9.17) is 9.47 Å². The molecule has 0 fully saturated rings. The van der Waals surface area contributed by atoms with Gasteiger partial charge in [-0.25, -0.2) is 9.79 Å². The number of ether oxygens (including phenoxy) is 2. The first-order chi connectivity index (χ1) is 17.4. The van der Waals surface area contributed by atoms with E-state index in [1.54, 1.807) is 18.4 Å². The van der Waals surface area contributed by atoms with Crippen LogP contribution >= 0.6 is 11.3 Å². The molecule has 0 amide bonds. The fourth-order valence-electron chi connectivity index (χ4n) is 4.51. The quantitative estimate of drug-likeness (QED) is 0.404. The van der Waals surface area contributed by atoms with E-state index >= 15 is 0 Å². The zero-order valence-electron chi connectivity index (χ0n) is 20.6. The van der Waals surface area contributed by atoms with Gasteiger partial charge in [-0.2, -0.15) is 0 Å². The van der Waals surface area contributed by atoms with Gasteiger partial charge in [0.25, 0.3) is 5.56 Å². The molecule has 0 bridgehead atoms. The molecule has 0 aliphatic carbocycles. The van der Waals surface area contributed by atoms with Crippen molar-refractivity contribution in [1.29, 1.82) is 0 Å². The number of fused-ring (bicyclic) bond motifs is 2. The summed E-state index contributed by atoms with van der Waals surface area (Å²) < 4.78 is 13.6. The number of rotatable bonds is 6. The van der Waals surface area contributed by atoms with Crippen LogP contribution in [-0.2, 0) is 9.53 Å². The minimum absolute atomic E-state index is 0.0834. The number of nitrogens with one attached hydrogen (secondary N) is 1. The van der Waals surface area contributed by atoms with Gasteiger partial charge in [-0.05, 0) is 45.9 Å². The number of hydrogen-bond donors (Lipinski definition) is 1. The van der Waals surface area contributed by atoms with E-state index in [1.165, 1.54) is 11.3 Å². The van der Waals surface area contributed by atoms with Crippen molar-refractivity contribution < 1.29 is 14.3 Å². The van der Waals surface area contributed by atoms with Gasteiger partial charge in [0.15, 0.2) is 4.80 Å². The topological polar surface area (TPSA) is 85.7 Å². The molecular formula is C28H27N3O4S. The molecule has 8 heteroatoms. The average Bonchev–Trinajstić information content (AvgIpc) is 3.39. The van der Waals surface area contributed by atoms with Gasteiger partial charge in [0.1, 0.15) is 11.8 Å². The molecule has 0 saturated heterocycles. The molecule has 0 unspecified atom stereocenters. The predicted octanol–water partition coefficient (Wildman–Crippen LogP) is 4.07. The first-order valence-corrected chi connectivity index (χ1v) is 12.7. The number of para-hydroxylation sites is 2. The second-order valence-corrected chi connectivity index (χ2v) is 9.81. The molecule has 1 N–H and O–H groups in total. The summed E-state index contributed by atoms with van der Waals surface area (Å²) in [6, 6.07) is 14.7. The number of aromatic nitrogens is 2. The van der Waals surface area contributed by atoms with Gasteiger partial charge in [-0.15, -0.1) is 0 Å². The lowest BCUT2D eigenvalue weighted by Gasteiger charge is -2.26. The monoisotopic (exact) mass is 501 g/mol. The highest BCUT2D eigenvalue weighted by atomic mass is 32.1. The summed E-state index contributed by atoms with van der Waals surface area (Å²) in [5.74, 6) is 0.120. The summed E-state index contributed by atoms with van der Waals surface area (Å²) in [6.45, 7) is 7.64. The minimum Gasteiger partial charge on any atom is -0.491 e. The number of hydrogen-bond acceptors (Lipinski definition) is 6. The highest BCUT2D eigenvalue weighted by molar-refractivity contribution is 7.07. The molecule has 0 spiro atoms. The number of benzene rings is 2. The highest BCUT2D eigenvalue weighted by Crippen LogP contribution is 2.36. The first kappa shape index (κ1) is 23.8. The Hall–Kier alpha value is -3.91. The van der Waals surface area contributed by atoms with Gasteiger partial charge < -0.3 is 14.5 Å². The fourth-order valence-corrected chi connectivity index (χ4v) is 5.55. The van der Waals surface area contributed by atoms with Crippen LogP contribution in [0.15, 0.2) is 75.8 Å². The van der Waals surface area contributed by atoms with Crippen molar-refractivity contribution in [2.75, 3.05) is 6.61 Å². The standard InChI is InChI=1S/C28H27N3O4S/c1-5-34-27(33)24-17(4)30-28-31(25(24)20-11-7-9-13-22(20)35-16(2)3)26(32)23(36-28)14-18-15-29-21-12-8-6-10-19(18)21/h6-16,25,29H,5H2,1-4H3/b23-14-/t25-/m1/s1. The van der Waals surface area contributed by atoms with Crippen LogP contribution in [0.25, 0.3) is 17.0 Å². The zero-order chi connectivity index (χ0) is 25.4. The smallest absolute Gasteiger partial charge is 0.338 e. The summed E-state index contributed by atoms with van der Waals surface area (Å²) in [5.41, 5.74) is 3.26. The van der Waals surface area contributed by atoms with Crippen LogP contribution in [0.5, 0.6) is 5.75 Å². The van der Waals surface area contributed by atoms with Crippen LogP contribution in [0.2, 0.25) is 0 Å². The van der Waals surface area contributed by atoms with E-state index in [1.807, 2.05) is 74.7 Å². The molecule has 1 atom stereocenters. The van der Waals surface area contributed by atoms with Gasteiger partial charge >= 0.3 is 5.97 Å². The number of H-pyrrole nitrogens is 1. The van der Waals surface area contributed by atoms with Crippen LogP contribution in [0.1, 0.15) is 44.9 Å². The lowest BCUT2D eigenvalue weighted by molar-refractivity contribution is -0.139. The molecular weight excluding hydrogens is 474 g/mol. The van der Waals surface area contributed by atoms with Gasteiger partial charge in [-0.1, -0.05) is 47.7 Å². The molecule has 184 valence electrons. The molecule has 2 aromatic carbocycles. The molecule has 36 heavy (non-hydrogen) atoms. The number of carbonyl (C=O) groups is 1. The van der Waals surface area contributed by atoms with Crippen LogP contribution < -0.4 is 19.6 Å². The molecule has 3 heterocycles. The van der Waals surface area contributed by atoms with Crippen molar-refractivity contribution in [3.05, 3.63) is 96.8 Å². The van der Waals surface area contributed by atoms with E-state index < -0.39 is 12.0 Å². The van der Waals surface area contributed by atoms with Crippen LogP contribution in [0.3, 0.4) is 0 Å². The minimum atomic E-state index is -0.722. The largest absolute Gasteiger partial charge is 0.491 e. The van der Waals surface area contributed by atoms with E-state index in [-0.39, 0.29) is 18.3 Å². The van der Waals surface area contributed by atoms with Gasteiger partial charge in [0, 0.05) is 28.2 Å². The molecule has 0 saturated carbocycles. The summed E-state index contributed by atoms with van der Waals surface area (Å²) >= 11 is 1.31. The first-order valence-electron chi connectivity index (χ1n) is 11.9. The Kier molecular flexibility index (Phi) is 6.36. The van der Waals surface area contributed by atoms with Crippen LogP contribution in [0, 0.1) is 0 Å². The molecule has 0 radical (unpaired) electrons. The Morgan fingerprint density at radius 2 is 1.94 bits per heavy atom. The second-order valence-electron chi connectivity index (χ2n) is 8.80. The lowest BCUT2D eigenvalue weighted by atomic mass is 9.95. The number of aromatic amines is 1. The molecule has 1 aliphatic heterocycles. The Balaban J connectivity index is 1.76. The van der Waals surface area contributed by atoms with E-state index in [0.29, 0.717) is 31.9 Å². The van der Waals surface area contributed by atoms with E-state index in [2.05, 4.69) is 9.98 Å². The van der Waals surface area contributed by atoms with Crippen molar-refractivity contribution in [1.82, 2.24) is 9.55 Å². The van der Waals surface area contributed by atoms with Gasteiger partial charge in [-0.3, -0.25) is 9.36 Å².